The summed E-state index contributed by atoms with van der Waals surface area (Å²) in [6.07, 6.45) is 2.33. The molecule has 1 fully saturated rings. The second kappa shape index (κ2) is 4.61. The van der Waals surface area contributed by atoms with Crippen molar-refractivity contribution < 1.29 is 4.79 Å². The van der Waals surface area contributed by atoms with Gasteiger partial charge in [0.05, 0.1) is 6.04 Å². The lowest BCUT2D eigenvalue weighted by molar-refractivity contribution is -0.133. The van der Waals surface area contributed by atoms with E-state index in [2.05, 4.69) is 19.2 Å². The van der Waals surface area contributed by atoms with Gasteiger partial charge >= 0.3 is 0 Å². The zero-order valence-corrected chi connectivity index (χ0v) is 8.84. The van der Waals surface area contributed by atoms with E-state index in [0.717, 1.165) is 13.1 Å². The zero-order chi connectivity index (χ0) is 9.84. The topological polar surface area (TPSA) is 32.3 Å². The summed E-state index contributed by atoms with van der Waals surface area (Å²) in [5.41, 5.74) is 0. The molecular weight excluding hydrogens is 164 g/mol. The van der Waals surface area contributed by atoms with E-state index in [1.165, 1.54) is 12.8 Å². The van der Waals surface area contributed by atoms with Crippen molar-refractivity contribution in [3.63, 3.8) is 0 Å². The highest BCUT2D eigenvalue weighted by Gasteiger charge is 2.26. The lowest BCUT2D eigenvalue weighted by atomic mass is 10.0. The molecule has 0 aliphatic carbocycles. The van der Waals surface area contributed by atoms with Crippen LogP contribution >= 0.6 is 0 Å². The smallest absolute Gasteiger partial charge is 0.239 e. The van der Waals surface area contributed by atoms with Crippen molar-refractivity contribution in [3.8, 4) is 0 Å². The van der Waals surface area contributed by atoms with Crippen LogP contribution in [0.5, 0.6) is 0 Å². The van der Waals surface area contributed by atoms with Gasteiger partial charge in [0.2, 0.25) is 5.91 Å². The maximum atomic E-state index is 11.9. The van der Waals surface area contributed by atoms with Gasteiger partial charge in [0, 0.05) is 13.1 Å². The molecule has 3 nitrogen and oxygen atoms in total. The molecule has 0 spiro atoms. The number of carbonyl (C=O) groups excluding carboxylic acids is 1. The average Bonchev–Trinajstić information content (AvgIpc) is 2.56. The molecule has 0 aromatic rings. The summed E-state index contributed by atoms with van der Waals surface area (Å²) in [4.78, 5) is 13.9. The molecule has 1 amide bonds. The van der Waals surface area contributed by atoms with E-state index in [0.29, 0.717) is 5.92 Å². The first-order valence-corrected chi connectivity index (χ1v) is 5.13. The standard InChI is InChI=1S/C10H20N2O/c1-8(2)9(11-3)10(13)12-6-4-5-7-12/h8-9,11H,4-7H2,1-3H3/t9-/m0/s1. The molecule has 0 aromatic heterocycles. The number of hydrogen-bond acceptors (Lipinski definition) is 2. The molecule has 1 atom stereocenters. The Morgan fingerprint density at radius 2 is 1.85 bits per heavy atom. The Balaban J connectivity index is 2.52. The number of nitrogens with one attached hydrogen (secondary N) is 1. The van der Waals surface area contributed by atoms with Crippen LogP contribution in [0.1, 0.15) is 26.7 Å². The number of likely N-dealkylation sites (tertiary alicyclic amines) is 1. The van der Waals surface area contributed by atoms with Gasteiger partial charge < -0.3 is 10.2 Å². The van der Waals surface area contributed by atoms with Crippen LogP contribution < -0.4 is 5.32 Å². The fraction of sp³-hybridized carbons (Fsp3) is 0.900. The summed E-state index contributed by atoms with van der Waals surface area (Å²) in [6.45, 7) is 6.05. The molecule has 1 N–H and O–H groups in total. The average molecular weight is 184 g/mol. The third kappa shape index (κ3) is 2.44. The van der Waals surface area contributed by atoms with Crippen molar-refractivity contribution in [1.82, 2.24) is 10.2 Å². The molecule has 13 heavy (non-hydrogen) atoms. The summed E-state index contributed by atoms with van der Waals surface area (Å²) in [7, 11) is 1.86. The summed E-state index contributed by atoms with van der Waals surface area (Å²) in [6, 6.07) is -0.00176. The zero-order valence-electron chi connectivity index (χ0n) is 8.84. The number of rotatable bonds is 3. The normalized spacial score (nSPS) is 19.5. The molecule has 0 aromatic carbocycles. The van der Waals surface area contributed by atoms with Gasteiger partial charge in [-0.1, -0.05) is 13.8 Å². The predicted octanol–water partition coefficient (Wildman–Crippen LogP) is 0.853. The highest BCUT2D eigenvalue weighted by Crippen LogP contribution is 2.12. The van der Waals surface area contributed by atoms with E-state index < -0.39 is 0 Å². The Labute approximate surface area is 80.5 Å². The number of amides is 1. The first kappa shape index (κ1) is 10.5. The molecule has 1 saturated heterocycles. The third-order valence-electron chi connectivity index (χ3n) is 2.66. The third-order valence-corrected chi connectivity index (χ3v) is 2.66. The minimum absolute atomic E-state index is 0.00176. The van der Waals surface area contributed by atoms with Gasteiger partial charge in [-0.2, -0.15) is 0 Å². The summed E-state index contributed by atoms with van der Waals surface area (Å²) < 4.78 is 0. The molecule has 0 bridgehead atoms. The first-order valence-electron chi connectivity index (χ1n) is 5.13. The van der Waals surface area contributed by atoms with Crippen molar-refractivity contribution in [2.75, 3.05) is 20.1 Å². The van der Waals surface area contributed by atoms with Crippen molar-refractivity contribution in [3.05, 3.63) is 0 Å². The molecule has 76 valence electrons. The van der Waals surface area contributed by atoms with Crippen LogP contribution in [0.3, 0.4) is 0 Å². The highest BCUT2D eigenvalue weighted by molar-refractivity contribution is 5.82. The number of likely N-dealkylation sites (N-methyl/N-ethyl adjacent to an activating group) is 1. The van der Waals surface area contributed by atoms with Gasteiger partial charge in [-0.3, -0.25) is 4.79 Å². The maximum absolute atomic E-state index is 11.9. The summed E-state index contributed by atoms with van der Waals surface area (Å²) in [5.74, 6) is 0.646. The molecule has 1 aliphatic heterocycles. The second-order valence-electron chi connectivity index (χ2n) is 4.04. The second-order valence-corrected chi connectivity index (χ2v) is 4.04. The van der Waals surface area contributed by atoms with Gasteiger partial charge in [0.15, 0.2) is 0 Å². The number of nitrogens with zero attached hydrogens (tertiary/aromatic N) is 1. The molecule has 1 rings (SSSR count). The Hall–Kier alpha value is -0.570. The first-order chi connectivity index (χ1) is 6.16. The van der Waals surface area contributed by atoms with E-state index in [4.69, 9.17) is 0 Å². The number of carbonyl (C=O) groups is 1. The minimum atomic E-state index is -0.00176. The fourth-order valence-corrected chi connectivity index (χ4v) is 1.88. The van der Waals surface area contributed by atoms with Gasteiger partial charge in [-0.25, -0.2) is 0 Å². The Morgan fingerprint density at radius 1 is 1.31 bits per heavy atom. The van der Waals surface area contributed by atoms with Crippen LogP contribution in [0, 0.1) is 5.92 Å². The van der Waals surface area contributed by atoms with Crippen LogP contribution in [0.15, 0.2) is 0 Å². The minimum Gasteiger partial charge on any atom is -0.341 e. The monoisotopic (exact) mass is 184 g/mol. The summed E-state index contributed by atoms with van der Waals surface area (Å²) in [5, 5.41) is 3.09. The molecule has 0 saturated carbocycles. The van der Waals surface area contributed by atoms with Gasteiger partial charge in [0.1, 0.15) is 0 Å². The predicted molar refractivity (Wildman–Crippen MR) is 53.5 cm³/mol. The van der Waals surface area contributed by atoms with Crippen LogP contribution in [0.2, 0.25) is 0 Å². The molecule has 3 heteroatoms. The van der Waals surface area contributed by atoms with Gasteiger partial charge in [0.25, 0.3) is 0 Å². The van der Waals surface area contributed by atoms with Crippen molar-refractivity contribution >= 4 is 5.91 Å². The van der Waals surface area contributed by atoms with E-state index in [1.54, 1.807) is 0 Å². The van der Waals surface area contributed by atoms with Crippen molar-refractivity contribution in [2.45, 2.75) is 32.7 Å². The van der Waals surface area contributed by atoms with E-state index in [1.807, 2.05) is 11.9 Å². The Morgan fingerprint density at radius 3 is 2.23 bits per heavy atom. The van der Waals surface area contributed by atoms with Gasteiger partial charge in [-0.15, -0.1) is 0 Å². The maximum Gasteiger partial charge on any atom is 0.239 e. The molecule has 0 radical (unpaired) electrons. The van der Waals surface area contributed by atoms with Crippen LogP contribution in [-0.4, -0.2) is 37.0 Å². The van der Waals surface area contributed by atoms with Crippen LogP contribution in [0.4, 0.5) is 0 Å². The fourth-order valence-electron chi connectivity index (χ4n) is 1.88. The lowest BCUT2D eigenvalue weighted by Crippen LogP contribution is -2.47. The van der Waals surface area contributed by atoms with Crippen molar-refractivity contribution in [1.29, 1.82) is 0 Å². The van der Waals surface area contributed by atoms with Crippen molar-refractivity contribution in [2.24, 2.45) is 5.92 Å². The molecule has 0 unspecified atom stereocenters. The molecular formula is C10H20N2O. The quantitative estimate of drug-likeness (QED) is 0.705. The van der Waals surface area contributed by atoms with Crippen LogP contribution in [0.25, 0.3) is 0 Å². The largest absolute Gasteiger partial charge is 0.341 e. The van der Waals surface area contributed by atoms with E-state index in [-0.39, 0.29) is 11.9 Å². The lowest BCUT2D eigenvalue weighted by Gasteiger charge is -2.25. The molecule has 1 aliphatic rings. The SMILES string of the molecule is CN[C@H](C(=O)N1CCCC1)C(C)C. The van der Waals surface area contributed by atoms with E-state index >= 15 is 0 Å². The van der Waals surface area contributed by atoms with Gasteiger partial charge in [-0.05, 0) is 25.8 Å². The number of hydrogen-bond donors (Lipinski definition) is 1. The van der Waals surface area contributed by atoms with E-state index in [9.17, 15) is 4.79 Å². The Kier molecular flexibility index (Phi) is 3.72. The molecule has 1 heterocycles. The highest BCUT2D eigenvalue weighted by atomic mass is 16.2. The Bertz CT molecular complexity index is 174. The van der Waals surface area contributed by atoms with Crippen LogP contribution in [-0.2, 0) is 4.79 Å². The summed E-state index contributed by atoms with van der Waals surface area (Å²) >= 11 is 0.